The van der Waals surface area contributed by atoms with E-state index in [0.29, 0.717) is 0 Å². The van der Waals surface area contributed by atoms with Crippen LogP contribution in [-0.4, -0.2) is 27.7 Å². The summed E-state index contributed by atoms with van der Waals surface area (Å²) in [7, 11) is 0. The minimum atomic E-state index is -1.54. The van der Waals surface area contributed by atoms with Crippen LogP contribution in [0.15, 0.2) is 36.4 Å². The molecule has 5 nitrogen and oxygen atoms in total. The third kappa shape index (κ3) is 3.57. The fourth-order valence-corrected chi connectivity index (χ4v) is 1.13. The lowest BCUT2D eigenvalue weighted by Gasteiger charge is -1.98. The van der Waals surface area contributed by atoms with E-state index in [9.17, 15) is 19.5 Å². The van der Waals surface area contributed by atoms with E-state index >= 15 is 0 Å². The number of carboxylic acids is 1. The molecule has 0 saturated carbocycles. The number of ketones is 2. The van der Waals surface area contributed by atoms with E-state index in [2.05, 4.69) is 0 Å². The number of phenols is 1. The zero-order valence-corrected chi connectivity index (χ0v) is 8.79. The minimum absolute atomic E-state index is 0.103. The number of aliphatic carboxylic acids is 1. The second-order valence-corrected chi connectivity index (χ2v) is 3.22. The number of Topliss-reactive ketones (excluding diaryl/α,β-unsaturated/α-hetero) is 1. The zero-order chi connectivity index (χ0) is 12.8. The third-order valence-corrected chi connectivity index (χ3v) is 1.98. The van der Waals surface area contributed by atoms with Gasteiger partial charge in [0.1, 0.15) is 5.75 Å². The lowest BCUT2D eigenvalue weighted by molar-refractivity contribution is -0.148. The van der Waals surface area contributed by atoms with E-state index < -0.39 is 17.5 Å². The van der Waals surface area contributed by atoms with Crippen LogP contribution >= 0.6 is 0 Å². The van der Waals surface area contributed by atoms with Gasteiger partial charge in [0.15, 0.2) is 5.78 Å². The van der Waals surface area contributed by atoms with Gasteiger partial charge in [0, 0.05) is 6.42 Å². The zero-order valence-electron chi connectivity index (χ0n) is 8.79. The SMILES string of the molecule is O=C(O)C(=O)CC=CC(=O)c1ccccc1O. The first-order valence-electron chi connectivity index (χ1n) is 4.77. The van der Waals surface area contributed by atoms with Crippen LogP contribution in [0.5, 0.6) is 5.75 Å². The van der Waals surface area contributed by atoms with Crippen molar-refractivity contribution in [3.63, 3.8) is 0 Å². The Hall–Kier alpha value is -2.43. The molecule has 1 aromatic carbocycles. The molecular weight excluding hydrogens is 224 g/mol. The van der Waals surface area contributed by atoms with Crippen molar-refractivity contribution in [2.75, 3.05) is 0 Å². The number of benzene rings is 1. The normalized spacial score (nSPS) is 10.4. The molecule has 0 aliphatic heterocycles. The predicted octanol–water partition coefficient (Wildman–Crippen LogP) is 1.17. The van der Waals surface area contributed by atoms with E-state index in [1.807, 2.05) is 0 Å². The molecule has 2 N–H and O–H groups in total. The van der Waals surface area contributed by atoms with Crippen LogP contribution in [0.4, 0.5) is 0 Å². The lowest BCUT2D eigenvalue weighted by atomic mass is 10.1. The van der Waals surface area contributed by atoms with Gasteiger partial charge in [-0.1, -0.05) is 18.2 Å². The summed E-state index contributed by atoms with van der Waals surface area (Å²) < 4.78 is 0. The van der Waals surface area contributed by atoms with E-state index in [4.69, 9.17) is 5.11 Å². The maximum absolute atomic E-state index is 11.5. The molecule has 17 heavy (non-hydrogen) atoms. The average molecular weight is 234 g/mol. The van der Waals surface area contributed by atoms with Gasteiger partial charge in [-0.2, -0.15) is 0 Å². The Kier molecular flexibility index (Phi) is 4.16. The number of carbonyl (C=O) groups is 3. The maximum atomic E-state index is 11.5. The first-order valence-corrected chi connectivity index (χ1v) is 4.77. The molecule has 88 valence electrons. The number of aromatic hydroxyl groups is 1. The second kappa shape index (κ2) is 5.60. The number of hydrogen-bond donors (Lipinski definition) is 2. The monoisotopic (exact) mass is 234 g/mol. The molecule has 0 aromatic heterocycles. The van der Waals surface area contributed by atoms with E-state index in [0.717, 1.165) is 12.2 Å². The Balaban J connectivity index is 2.68. The highest BCUT2D eigenvalue weighted by Gasteiger charge is 2.10. The van der Waals surface area contributed by atoms with Crippen molar-refractivity contribution in [2.24, 2.45) is 0 Å². The molecule has 0 bridgehead atoms. The predicted molar refractivity (Wildman–Crippen MR) is 58.8 cm³/mol. The highest BCUT2D eigenvalue weighted by molar-refractivity contribution is 6.33. The molecule has 5 heteroatoms. The van der Waals surface area contributed by atoms with Crippen LogP contribution in [0, 0.1) is 0 Å². The smallest absolute Gasteiger partial charge is 0.372 e. The van der Waals surface area contributed by atoms with Crippen LogP contribution in [-0.2, 0) is 9.59 Å². The van der Waals surface area contributed by atoms with Crippen molar-refractivity contribution in [3.8, 4) is 5.75 Å². The number of carboxylic acid groups (broad SMARTS) is 1. The molecule has 0 aliphatic carbocycles. The molecule has 0 amide bonds. The Labute approximate surface area is 97.0 Å². The topological polar surface area (TPSA) is 91.7 Å². The van der Waals surface area contributed by atoms with Gasteiger partial charge >= 0.3 is 5.97 Å². The molecule has 0 spiro atoms. The number of rotatable bonds is 5. The molecule has 1 rings (SSSR count). The highest BCUT2D eigenvalue weighted by atomic mass is 16.4. The van der Waals surface area contributed by atoms with Gasteiger partial charge in [-0.15, -0.1) is 0 Å². The first-order chi connectivity index (χ1) is 8.02. The molecule has 0 heterocycles. The summed E-state index contributed by atoms with van der Waals surface area (Å²) in [6.07, 6.45) is 1.87. The molecule has 0 radical (unpaired) electrons. The summed E-state index contributed by atoms with van der Waals surface area (Å²) in [5.74, 6) is -3.18. The summed E-state index contributed by atoms with van der Waals surface area (Å²) in [4.78, 5) is 32.4. The van der Waals surface area contributed by atoms with E-state index in [1.165, 1.54) is 12.1 Å². The van der Waals surface area contributed by atoms with Crippen molar-refractivity contribution in [1.82, 2.24) is 0 Å². The fraction of sp³-hybridized carbons (Fsp3) is 0.0833. The maximum Gasteiger partial charge on any atom is 0.372 e. The fourth-order valence-electron chi connectivity index (χ4n) is 1.13. The van der Waals surface area contributed by atoms with Gasteiger partial charge in [-0.3, -0.25) is 9.59 Å². The minimum Gasteiger partial charge on any atom is -0.507 e. The van der Waals surface area contributed by atoms with Crippen LogP contribution in [0.2, 0.25) is 0 Å². The number of allylic oxidation sites excluding steroid dienone is 2. The van der Waals surface area contributed by atoms with Crippen LogP contribution < -0.4 is 0 Å². The van der Waals surface area contributed by atoms with Crippen LogP contribution in [0.25, 0.3) is 0 Å². The number of carbonyl (C=O) groups excluding carboxylic acids is 2. The largest absolute Gasteiger partial charge is 0.507 e. The molecule has 0 fully saturated rings. The van der Waals surface area contributed by atoms with Crippen molar-refractivity contribution in [1.29, 1.82) is 0 Å². The van der Waals surface area contributed by atoms with E-state index in [1.54, 1.807) is 12.1 Å². The summed E-state index contributed by atoms with van der Waals surface area (Å²) in [6, 6.07) is 5.96. The molecule has 0 atom stereocenters. The third-order valence-electron chi connectivity index (χ3n) is 1.98. The molecule has 0 saturated heterocycles. The van der Waals surface area contributed by atoms with Crippen molar-refractivity contribution in [3.05, 3.63) is 42.0 Å². The van der Waals surface area contributed by atoms with Gasteiger partial charge in [0.25, 0.3) is 0 Å². The molecule has 0 unspecified atom stereocenters. The first kappa shape index (κ1) is 12.6. The lowest BCUT2D eigenvalue weighted by Crippen LogP contribution is -2.10. The molecular formula is C12H10O5. The average Bonchev–Trinajstić information content (AvgIpc) is 2.29. The highest BCUT2D eigenvalue weighted by Crippen LogP contribution is 2.16. The van der Waals surface area contributed by atoms with Gasteiger partial charge < -0.3 is 10.2 Å². The number of phenolic OH excluding ortho intramolecular Hbond substituents is 1. The van der Waals surface area contributed by atoms with E-state index in [-0.39, 0.29) is 17.7 Å². The number of para-hydroxylation sites is 1. The van der Waals surface area contributed by atoms with Crippen molar-refractivity contribution >= 4 is 17.5 Å². The van der Waals surface area contributed by atoms with Gasteiger partial charge in [0.2, 0.25) is 5.78 Å². The summed E-state index contributed by atoms with van der Waals surface area (Å²) in [6.45, 7) is 0. The summed E-state index contributed by atoms with van der Waals surface area (Å²) in [5.41, 5.74) is 0.103. The summed E-state index contributed by atoms with van der Waals surface area (Å²) >= 11 is 0. The van der Waals surface area contributed by atoms with Crippen molar-refractivity contribution in [2.45, 2.75) is 6.42 Å². The second-order valence-electron chi connectivity index (χ2n) is 3.22. The Morgan fingerprint density at radius 2 is 1.82 bits per heavy atom. The molecule has 1 aromatic rings. The Bertz CT molecular complexity index is 487. The van der Waals surface area contributed by atoms with Gasteiger partial charge in [0.05, 0.1) is 5.56 Å². The Morgan fingerprint density at radius 1 is 1.18 bits per heavy atom. The van der Waals surface area contributed by atoms with Crippen LogP contribution in [0.3, 0.4) is 0 Å². The molecule has 0 aliphatic rings. The standard InChI is InChI=1S/C12H10O5/c13-9-5-2-1-4-8(9)10(14)6-3-7-11(15)12(16)17/h1-6,13H,7H2,(H,16,17). The van der Waals surface area contributed by atoms with Gasteiger partial charge in [-0.05, 0) is 18.2 Å². The van der Waals surface area contributed by atoms with Gasteiger partial charge in [-0.25, -0.2) is 4.79 Å². The summed E-state index contributed by atoms with van der Waals surface area (Å²) in [5, 5.41) is 17.7. The van der Waals surface area contributed by atoms with Crippen molar-refractivity contribution < 1.29 is 24.6 Å². The number of hydrogen-bond acceptors (Lipinski definition) is 4. The van der Waals surface area contributed by atoms with Crippen LogP contribution in [0.1, 0.15) is 16.8 Å². The quantitative estimate of drug-likeness (QED) is 0.453. The Morgan fingerprint density at radius 3 is 2.41 bits per heavy atom.